The largest absolute Gasteiger partial charge is 0.485 e. The number of alkyl carbamates (subject to hydrolysis) is 1. The van der Waals surface area contributed by atoms with Gasteiger partial charge >= 0.3 is 13.7 Å². The SMILES string of the molecule is CCCOC(=S)C(C)NC(=O)OC(C)(C)C.Nc1ncnc2c1ncn2CCOCP(=O)(O)O. The number of imidazole rings is 1. The summed E-state index contributed by atoms with van der Waals surface area (Å²) in [6.45, 7) is 10.3. The van der Waals surface area contributed by atoms with E-state index in [9.17, 15) is 9.36 Å². The van der Waals surface area contributed by atoms with Crippen molar-refractivity contribution < 1.29 is 33.4 Å². The number of nitrogens with one attached hydrogen (secondary N) is 1. The maximum Gasteiger partial charge on any atom is 0.408 e. The number of rotatable bonds is 9. The molecular formula is C19H33N6O7PS. The molecule has 0 bridgehead atoms. The molecule has 0 fully saturated rings. The molecule has 1 amide bonds. The van der Waals surface area contributed by atoms with Crippen molar-refractivity contribution in [1.29, 1.82) is 0 Å². The summed E-state index contributed by atoms with van der Waals surface area (Å²) < 4.78 is 27.4. The van der Waals surface area contributed by atoms with Crippen molar-refractivity contribution in [2.75, 3.05) is 25.3 Å². The van der Waals surface area contributed by atoms with E-state index in [1.165, 1.54) is 12.7 Å². The average molecular weight is 521 g/mol. The topological polar surface area (TPSA) is 184 Å². The predicted molar refractivity (Wildman–Crippen MR) is 130 cm³/mol. The van der Waals surface area contributed by atoms with E-state index in [2.05, 4.69) is 20.3 Å². The summed E-state index contributed by atoms with van der Waals surface area (Å²) in [5.74, 6) is 0.287. The van der Waals surface area contributed by atoms with Gasteiger partial charge in [-0.2, -0.15) is 0 Å². The average Bonchev–Trinajstić information content (AvgIpc) is 3.12. The first-order chi connectivity index (χ1) is 15.7. The van der Waals surface area contributed by atoms with Crippen molar-refractivity contribution in [2.24, 2.45) is 0 Å². The molecule has 5 N–H and O–H groups in total. The van der Waals surface area contributed by atoms with E-state index in [0.717, 1.165) is 6.42 Å². The standard InChI is InChI=1S/C11H21NO3S.C8H12N5O4P/c1-6-7-14-9(16)8(2)12-10(13)15-11(3,4)5;9-7-6-8(11-3-10-7)13(4-12-6)1-2-17-5-18(14,15)16/h8H,6-7H2,1-5H3,(H,12,13);3-4H,1-2,5H2,(H2,9,10,11)(H2,14,15,16). The number of thiocarbonyl (C=S) groups is 1. The first-order valence-electron chi connectivity index (χ1n) is 10.4. The number of carbonyl (C=O) groups is 1. The van der Waals surface area contributed by atoms with Gasteiger partial charge in [-0.15, -0.1) is 0 Å². The molecular weight excluding hydrogens is 487 g/mol. The molecule has 192 valence electrons. The zero-order valence-corrected chi connectivity index (χ0v) is 21.6. The molecule has 2 aromatic rings. The van der Waals surface area contributed by atoms with Gasteiger partial charge < -0.3 is 39.6 Å². The maximum atomic E-state index is 11.4. The second kappa shape index (κ2) is 13.5. The number of nitrogens with two attached hydrogens (primary N) is 1. The lowest BCUT2D eigenvalue weighted by Crippen LogP contribution is -2.41. The maximum absolute atomic E-state index is 11.4. The Balaban J connectivity index is 0.000000344. The van der Waals surface area contributed by atoms with Crippen LogP contribution in [0.3, 0.4) is 0 Å². The van der Waals surface area contributed by atoms with Crippen molar-refractivity contribution in [3.63, 3.8) is 0 Å². The molecule has 2 rings (SSSR count). The van der Waals surface area contributed by atoms with Gasteiger partial charge in [-0.1, -0.05) is 6.92 Å². The van der Waals surface area contributed by atoms with Crippen LogP contribution < -0.4 is 11.1 Å². The van der Waals surface area contributed by atoms with Crippen molar-refractivity contribution in [3.8, 4) is 0 Å². The number of anilines is 1. The van der Waals surface area contributed by atoms with Gasteiger partial charge in [-0.05, 0) is 46.3 Å². The first kappa shape index (κ1) is 29.7. The Morgan fingerprint density at radius 3 is 2.56 bits per heavy atom. The molecule has 0 aliphatic heterocycles. The number of fused-ring (bicyclic) bond motifs is 1. The molecule has 0 radical (unpaired) electrons. The third-order valence-electron chi connectivity index (χ3n) is 3.70. The van der Waals surface area contributed by atoms with Crippen LogP contribution in [0.25, 0.3) is 11.2 Å². The Bertz CT molecular complexity index is 991. The fourth-order valence-corrected chi connectivity index (χ4v) is 2.79. The van der Waals surface area contributed by atoms with E-state index in [1.54, 1.807) is 11.5 Å². The molecule has 0 saturated carbocycles. The van der Waals surface area contributed by atoms with Crippen molar-refractivity contribution >= 4 is 47.9 Å². The van der Waals surface area contributed by atoms with Gasteiger partial charge in [0.2, 0.25) is 0 Å². The third kappa shape index (κ3) is 11.7. The Morgan fingerprint density at radius 2 is 1.97 bits per heavy atom. The lowest BCUT2D eigenvalue weighted by molar-refractivity contribution is 0.0517. The lowest BCUT2D eigenvalue weighted by Gasteiger charge is -2.22. The van der Waals surface area contributed by atoms with Crippen LogP contribution in [0.4, 0.5) is 10.6 Å². The minimum absolute atomic E-state index is 0.139. The minimum Gasteiger partial charge on any atom is -0.485 e. The van der Waals surface area contributed by atoms with Crippen LogP contribution >= 0.6 is 19.8 Å². The van der Waals surface area contributed by atoms with Crippen LogP contribution in [0.2, 0.25) is 0 Å². The quantitative estimate of drug-likeness (QED) is 0.215. The van der Waals surface area contributed by atoms with Crippen LogP contribution in [0.5, 0.6) is 0 Å². The van der Waals surface area contributed by atoms with Gasteiger partial charge in [0.25, 0.3) is 0 Å². The smallest absolute Gasteiger partial charge is 0.408 e. The highest BCUT2D eigenvalue weighted by Gasteiger charge is 2.19. The summed E-state index contributed by atoms with van der Waals surface area (Å²) in [5.41, 5.74) is 6.17. The monoisotopic (exact) mass is 520 g/mol. The Morgan fingerprint density at radius 1 is 1.29 bits per heavy atom. The number of carbonyl (C=O) groups excluding carboxylic acids is 1. The van der Waals surface area contributed by atoms with Crippen molar-refractivity contribution in [3.05, 3.63) is 12.7 Å². The Labute approximate surface area is 203 Å². The summed E-state index contributed by atoms with van der Waals surface area (Å²) in [6, 6.07) is -0.323. The number of ether oxygens (including phenoxy) is 3. The lowest BCUT2D eigenvalue weighted by atomic mass is 10.2. The molecule has 2 heterocycles. The van der Waals surface area contributed by atoms with E-state index in [-0.39, 0.29) is 18.5 Å². The van der Waals surface area contributed by atoms with Crippen LogP contribution in [0.1, 0.15) is 41.0 Å². The van der Waals surface area contributed by atoms with E-state index in [1.807, 2.05) is 27.7 Å². The molecule has 0 aliphatic rings. The van der Waals surface area contributed by atoms with Crippen molar-refractivity contribution in [2.45, 2.75) is 59.2 Å². The number of nitrogen functional groups attached to an aromatic ring is 1. The molecule has 0 aliphatic carbocycles. The molecule has 0 aromatic carbocycles. The molecule has 1 unspecified atom stereocenters. The van der Waals surface area contributed by atoms with Gasteiger partial charge in [0, 0.05) is 6.54 Å². The van der Waals surface area contributed by atoms with Gasteiger partial charge in [-0.3, -0.25) is 4.57 Å². The second-order valence-corrected chi connectivity index (χ2v) is 10.1. The first-order valence-corrected chi connectivity index (χ1v) is 12.6. The number of amides is 1. The molecule has 0 saturated heterocycles. The number of aromatic nitrogens is 4. The fraction of sp³-hybridized carbons (Fsp3) is 0.632. The highest BCUT2D eigenvalue weighted by Crippen LogP contribution is 2.33. The van der Waals surface area contributed by atoms with Crippen LogP contribution in [-0.4, -0.2) is 71.7 Å². The van der Waals surface area contributed by atoms with Crippen LogP contribution in [-0.2, 0) is 25.3 Å². The number of nitrogens with zero attached hydrogens (tertiary/aromatic N) is 4. The van der Waals surface area contributed by atoms with Gasteiger partial charge in [0.1, 0.15) is 23.8 Å². The fourth-order valence-electron chi connectivity index (χ4n) is 2.28. The van der Waals surface area contributed by atoms with Gasteiger partial charge in [-0.25, -0.2) is 19.7 Å². The molecule has 1 atom stereocenters. The van der Waals surface area contributed by atoms with Gasteiger partial charge in [0.05, 0.1) is 25.6 Å². The summed E-state index contributed by atoms with van der Waals surface area (Å²) in [7, 11) is -4.12. The summed E-state index contributed by atoms with van der Waals surface area (Å²) in [5, 5.41) is 3.00. The van der Waals surface area contributed by atoms with Crippen LogP contribution in [0, 0.1) is 0 Å². The molecule has 34 heavy (non-hydrogen) atoms. The molecule has 13 nitrogen and oxygen atoms in total. The second-order valence-electron chi connectivity index (χ2n) is 8.11. The van der Waals surface area contributed by atoms with Crippen molar-refractivity contribution in [1.82, 2.24) is 24.8 Å². The molecule has 0 spiro atoms. The van der Waals surface area contributed by atoms with Crippen LogP contribution in [0.15, 0.2) is 12.7 Å². The number of hydrogen-bond donors (Lipinski definition) is 4. The zero-order valence-electron chi connectivity index (χ0n) is 19.9. The van der Waals surface area contributed by atoms with E-state index in [0.29, 0.717) is 29.4 Å². The highest BCUT2D eigenvalue weighted by molar-refractivity contribution is 7.80. The van der Waals surface area contributed by atoms with Gasteiger partial charge in [0.15, 0.2) is 16.5 Å². The van der Waals surface area contributed by atoms with E-state index >= 15 is 0 Å². The summed E-state index contributed by atoms with van der Waals surface area (Å²) in [6.07, 6.45) is 2.65. The number of hydrogen-bond acceptors (Lipinski definition) is 10. The zero-order chi connectivity index (χ0) is 25.9. The van der Waals surface area contributed by atoms with E-state index in [4.69, 9.17) is 41.9 Å². The summed E-state index contributed by atoms with van der Waals surface area (Å²) >= 11 is 5.01. The Hall–Kier alpha value is -2.38. The molecule has 15 heteroatoms. The normalized spacial score (nSPS) is 12.4. The predicted octanol–water partition coefficient (Wildman–Crippen LogP) is 2.21. The summed E-state index contributed by atoms with van der Waals surface area (Å²) in [4.78, 5) is 40.5. The Kier molecular flexibility index (Phi) is 11.8. The van der Waals surface area contributed by atoms with E-state index < -0.39 is 25.6 Å². The third-order valence-corrected chi connectivity index (χ3v) is 4.69. The molecule has 2 aromatic heterocycles. The highest BCUT2D eigenvalue weighted by atomic mass is 32.1. The minimum atomic E-state index is -4.12.